The smallest absolute Gasteiger partial charge is 0.101 e. The molecule has 0 amide bonds. The molecule has 4 nitrogen and oxygen atoms in total. The van der Waals surface area contributed by atoms with E-state index in [1.165, 1.54) is 0 Å². The van der Waals surface area contributed by atoms with Crippen molar-refractivity contribution < 1.29 is 0 Å². The van der Waals surface area contributed by atoms with E-state index in [2.05, 4.69) is 16.0 Å². The van der Waals surface area contributed by atoms with Gasteiger partial charge in [0, 0.05) is 25.3 Å². The third-order valence-corrected chi connectivity index (χ3v) is 2.68. The van der Waals surface area contributed by atoms with E-state index >= 15 is 0 Å². The van der Waals surface area contributed by atoms with Crippen LogP contribution in [0.2, 0.25) is 0 Å². The molecule has 0 saturated carbocycles. The average molecular weight is 202 g/mol. The summed E-state index contributed by atoms with van der Waals surface area (Å²) in [5.41, 5.74) is 7.51. The number of nitriles is 1. The highest BCUT2D eigenvalue weighted by molar-refractivity contribution is 5.49. The van der Waals surface area contributed by atoms with Gasteiger partial charge in [-0.15, -0.1) is 0 Å². The molecule has 0 aromatic carbocycles. The van der Waals surface area contributed by atoms with Crippen molar-refractivity contribution in [1.29, 1.82) is 5.26 Å². The molecule has 1 aromatic heterocycles. The summed E-state index contributed by atoms with van der Waals surface area (Å²) in [6.07, 6.45) is 5.56. The summed E-state index contributed by atoms with van der Waals surface area (Å²) in [5, 5.41) is 8.78. The second kappa shape index (κ2) is 4.28. The fourth-order valence-electron chi connectivity index (χ4n) is 1.91. The third-order valence-electron chi connectivity index (χ3n) is 2.68. The molecule has 1 fully saturated rings. The molecule has 1 atom stereocenters. The van der Waals surface area contributed by atoms with Gasteiger partial charge in [0.05, 0.1) is 17.4 Å². The van der Waals surface area contributed by atoms with E-state index in [1.54, 1.807) is 12.4 Å². The van der Waals surface area contributed by atoms with Crippen LogP contribution >= 0.6 is 0 Å². The zero-order valence-corrected chi connectivity index (χ0v) is 8.56. The summed E-state index contributed by atoms with van der Waals surface area (Å²) in [7, 11) is 0. The van der Waals surface area contributed by atoms with Crippen molar-refractivity contribution in [3.8, 4) is 6.07 Å². The van der Waals surface area contributed by atoms with E-state index in [4.69, 9.17) is 11.0 Å². The van der Waals surface area contributed by atoms with Crippen molar-refractivity contribution >= 4 is 5.69 Å². The molecule has 0 unspecified atom stereocenters. The predicted molar refractivity (Wildman–Crippen MR) is 58.4 cm³/mol. The third kappa shape index (κ3) is 2.25. The fourth-order valence-corrected chi connectivity index (χ4v) is 1.91. The molecule has 0 spiro atoms. The number of aromatic nitrogens is 1. The summed E-state index contributed by atoms with van der Waals surface area (Å²) in [5.74, 6) is 0. The second-order valence-corrected chi connectivity index (χ2v) is 3.89. The molecule has 2 N–H and O–H groups in total. The van der Waals surface area contributed by atoms with Crippen LogP contribution in [0.3, 0.4) is 0 Å². The maximum Gasteiger partial charge on any atom is 0.101 e. The van der Waals surface area contributed by atoms with Gasteiger partial charge in [-0.1, -0.05) is 0 Å². The molecule has 0 aliphatic carbocycles. The first kappa shape index (κ1) is 9.94. The zero-order valence-electron chi connectivity index (χ0n) is 8.56. The van der Waals surface area contributed by atoms with Gasteiger partial charge in [-0.05, 0) is 18.9 Å². The van der Waals surface area contributed by atoms with Crippen LogP contribution in [0.1, 0.15) is 18.4 Å². The van der Waals surface area contributed by atoms with Crippen LogP contribution in [0.15, 0.2) is 18.5 Å². The highest BCUT2D eigenvalue weighted by atomic mass is 15.2. The van der Waals surface area contributed by atoms with Crippen molar-refractivity contribution in [3.63, 3.8) is 0 Å². The monoisotopic (exact) mass is 202 g/mol. The molecular weight excluding hydrogens is 188 g/mol. The van der Waals surface area contributed by atoms with Crippen molar-refractivity contribution in [2.75, 3.05) is 18.0 Å². The maximum absolute atomic E-state index is 8.78. The minimum Gasteiger partial charge on any atom is -0.369 e. The van der Waals surface area contributed by atoms with Crippen LogP contribution < -0.4 is 10.6 Å². The molecule has 1 aliphatic rings. The topological polar surface area (TPSA) is 65.9 Å². The van der Waals surface area contributed by atoms with Crippen LogP contribution in [-0.2, 0) is 0 Å². The minimum atomic E-state index is 0.240. The van der Waals surface area contributed by atoms with E-state index in [9.17, 15) is 0 Å². The summed E-state index contributed by atoms with van der Waals surface area (Å²) < 4.78 is 0. The van der Waals surface area contributed by atoms with Gasteiger partial charge in [-0.3, -0.25) is 4.98 Å². The van der Waals surface area contributed by atoms with Gasteiger partial charge in [0.1, 0.15) is 6.07 Å². The lowest BCUT2D eigenvalue weighted by atomic mass is 10.1. The Kier molecular flexibility index (Phi) is 2.84. The van der Waals surface area contributed by atoms with E-state index in [0.717, 1.165) is 31.6 Å². The van der Waals surface area contributed by atoms with Gasteiger partial charge in [0.15, 0.2) is 0 Å². The standard InChI is InChI=1S/C11H14N4/c12-5-9-4-11(7-14-6-9)15-3-1-2-10(13)8-15/h4,6-7,10H,1-3,8,13H2/t10-/m1/s1. The van der Waals surface area contributed by atoms with Gasteiger partial charge >= 0.3 is 0 Å². The molecule has 0 bridgehead atoms. The Morgan fingerprint density at radius 3 is 3.13 bits per heavy atom. The zero-order chi connectivity index (χ0) is 10.7. The predicted octanol–water partition coefficient (Wildman–Crippen LogP) is 0.881. The second-order valence-electron chi connectivity index (χ2n) is 3.89. The number of pyridine rings is 1. The molecule has 1 aliphatic heterocycles. The Labute approximate surface area is 89.3 Å². The molecule has 1 saturated heterocycles. The fraction of sp³-hybridized carbons (Fsp3) is 0.455. The molecule has 2 rings (SSSR count). The quantitative estimate of drug-likeness (QED) is 0.734. The summed E-state index contributed by atoms with van der Waals surface area (Å²) in [6.45, 7) is 1.86. The van der Waals surface area contributed by atoms with E-state index in [0.29, 0.717) is 5.56 Å². The van der Waals surface area contributed by atoms with E-state index in [-0.39, 0.29) is 6.04 Å². The highest BCUT2D eigenvalue weighted by Crippen LogP contribution is 2.18. The van der Waals surface area contributed by atoms with Gasteiger partial charge < -0.3 is 10.6 Å². The Morgan fingerprint density at radius 1 is 1.53 bits per heavy atom. The molecule has 4 heteroatoms. The molecule has 1 aromatic rings. The number of rotatable bonds is 1. The highest BCUT2D eigenvalue weighted by Gasteiger charge is 2.17. The number of anilines is 1. The van der Waals surface area contributed by atoms with Crippen molar-refractivity contribution in [3.05, 3.63) is 24.0 Å². The number of piperidine rings is 1. The first-order chi connectivity index (χ1) is 7.29. The van der Waals surface area contributed by atoms with Gasteiger partial charge in [-0.25, -0.2) is 0 Å². The number of hydrogen-bond donors (Lipinski definition) is 1. The first-order valence-corrected chi connectivity index (χ1v) is 5.15. The SMILES string of the molecule is N#Cc1cncc(N2CCC[C@@H](N)C2)c1. The molecule has 2 heterocycles. The average Bonchev–Trinajstić information content (AvgIpc) is 2.29. The van der Waals surface area contributed by atoms with Gasteiger partial charge in [0.2, 0.25) is 0 Å². The van der Waals surface area contributed by atoms with Crippen molar-refractivity contribution in [2.24, 2.45) is 5.73 Å². The lowest BCUT2D eigenvalue weighted by Gasteiger charge is -2.32. The minimum absolute atomic E-state index is 0.240. The Bertz CT molecular complexity index is 382. The Balaban J connectivity index is 2.18. The molecular formula is C11H14N4. The summed E-state index contributed by atoms with van der Waals surface area (Å²) in [4.78, 5) is 6.25. The van der Waals surface area contributed by atoms with Crippen LogP contribution in [0.25, 0.3) is 0 Å². The first-order valence-electron chi connectivity index (χ1n) is 5.15. The van der Waals surface area contributed by atoms with Crippen LogP contribution in [-0.4, -0.2) is 24.1 Å². The van der Waals surface area contributed by atoms with Crippen LogP contribution in [0, 0.1) is 11.3 Å². The summed E-state index contributed by atoms with van der Waals surface area (Å²) in [6, 6.07) is 4.20. The van der Waals surface area contributed by atoms with Crippen molar-refractivity contribution in [2.45, 2.75) is 18.9 Å². The molecule has 78 valence electrons. The van der Waals surface area contributed by atoms with E-state index < -0.39 is 0 Å². The number of hydrogen-bond acceptors (Lipinski definition) is 4. The van der Waals surface area contributed by atoms with Gasteiger partial charge in [-0.2, -0.15) is 5.26 Å². The van der Waals surface area contributed by atoms with Crippen molar-refractivity contribution in [1.82, 2.24) is 4.98 Å². The largest absolute Gasteiger partial charge is 0.369 e. The Morgan fingerprint density at radius 2 is 2.40 bits per heavy atom. The summed E-state index contributed by atoms with van der Waals surface area (Å²) >= 11 is 0. The van der Waals surface area contributed by atoms with Gasteiger partial charge in [0.25, 0.3) is 0 Å². The van der Waals surface area contributed by atoms with Crippen LogP contribution in [0.5, 0.6) is 0 Å². The lowest BCUT2D eigenvalue weighted by molar-refractivity contribution is 0.506. The lowest BCUT2D eigenvalue weighted by Crippen LogP contribution is -2.42. The Hall–Kier alpha value is -1.60. The maximum atomic E-state index is 8.78. The number of nitrogens with zero attached hydrogens (tertiary/aromatic N) is 3. The number of nitrogens with two attached hydrogens (primary N) is 1. The molecule has 15 heavy (non-hydrogen) atoms. The molecule has 0 radical (unpaired) electrons. The van der Waals surface area contributed by atoms with Crippen LogP contribution in [0.4, 0.5) is 5.69 Å². The normalized spacial score (nSPS) is 21.1. The van der Waals surface area contributed by atoms with E-state index in [1.807, 2.05) is 6.07 Å².